The molecule has 0 fully saturated rings. The van der Waals surface area contributed by atoms with Crippen LogP contribution in [0.5, 0.6) is 0 Å². The molecule has 3 rings (SSSR count). The van der Waals surface area contributed by atoms with Crippen LogP contribution in [0.3, 0.4) is 0 Å². The number of nitrogens with one attached hydrogen (secondary N) is 1. The lowest BCUT2D eigenvalue weighted by atomic mass is 9.99. The molecule has 0 saturated carbocycles. The van der Waals surface area contributed by atoms with E-state index in [1.54, 1.807) is 0 Å². The van der Waals surface area contributed by atoms with Crippen molar-refractivity contribution in [2.24, 2.45) is 0 Å². The van der Waals surface area contributed by atoms with Gasteiger partial charge in [-0.25, -0.2) is 0 Å². The first kappa shape index (κ1) is 14.2. The molecule has 3 aromatic carbocycles. The Labute approximate surface area is 134 Å². The van der Waals surface area contributed by atoms with Gasteiger partial charge >= 0.3 is 0 Å². The molecule has 3 aromatic rings. The van der Waals surface area contributed by atoms with Gasteiger partial charge in [-0.2, -0.15) is 0 Å². The number of hydrogen-bond acceptors (Lipinski definition) is 1. The molecule has 0 aromatic heterocycles. The van der Waals surface area contributed by atoms with Crippen LogP contribution in [0.15, 0.2) is 65.1 Å². The predicted molar refractivity (Wildman–Crippen MR) is 94.9 cm³/mol. The number of rotatable bonds is 3. The summed E-state index contributed by atoms with van der Waals surface area (Å²) in [5, 5.41) is 6.20. The lowest BCUT2D eigenvalue weighted by Gasteiger charge is -2.18. The van der Waals surface area contributed by atoms with Crippen LogP contribution in [0.25, 0.3) is 10.8 Å². The van der Waals surface area contributed by atoms with Crippen LogP contribution in [-0.4, -0.2) is 0 Å². The standard InChI is InChI=1S/C19H18BrN/c1-13-10-16(20)12-17(11-13)21-14(2)18-9-5-7-15-6-3-4-8-19(15)18/h3-12,14,21H,1-2H3. The Balaban J connectivity index is 1.95. The highest BCUT2D eigenvalue weighted by molar-refractivity contribution is 9.10. The summed E-state index contributed by atoms with van der Waals surface area (Å²) in [6.45, 7) is 4.32. The molecule has 1 N–H and O–H groups in total. The van der Waals surface area contributed by atoms with Gasteiger partial charge in [0.05, 0.1) is 0 Å². The van der Waals surface area contributed by atoms with Gasteiger partial charge in [-0.3, -0.25) is 0 Å². The van der Waals surface area contributed by atoms with E-state index in [4.69, 9.17) is 0 Å². The average molecular weight is 340 g/mol. The topological polar surface area (TPSA) is 12.0 Å². The highest BCUT2D eigenvalue weighted by Gasteiger charge is 2.09. The smallest absolute Gasteiger partial charge is 0.0491 e. The SMILES string of the molecule is Cc1cc(Br)cc(NC(C)c2cccc3ccccc23)c1. The normalized spacial score (nSPS) is 12.3. The van der Waals surface area contributed by atoms with Gasteiger partial charge in [-0.15, -0.1) is 0 Å². The van der Waals surface area contributed by atoms with Gasteiger partial charge in [0.15, 0.2) is 0 Å². The zero-order chi connectivity index (χ0) is 14.8. The van der Waals surface area contributed by atoms with E-state index in [1.807, 2.05) is 0 Å². The summed E-state index contributed by atoms with van der Waals surface area (Å²) in [7, 11) is 0. The highest BCUT2D eigenvalue weighted by atomic mass is 79.9. The maximum Gasteiger partial charge on any atom is 0.0491 e. The molecule has 1 atom stereocenters. The lowest BCUT2D eigenvalue weighted by molar-refractivity contribution is 0.894. The first-order valence-electron chi connectivity index (χ1n) is 7.15. The third-order valence-corrected chi connectivity index (χ3v) is 4.17. The minimum Gasteiger partial charge on any atom is -0.378 e. The van der Waals surface area contributed by atoms with Crippen LogP contribution in [-0.2, 0) is 0 Å². The van der Waals surface area contributed by atoms with E-state index < -0.39 is 0 Å². The van der Waals surface area contributed by atoms with Gasteiger partial charge in [0.25, 0.3) is 0 Å². The Morgan fingerprint density at radius 3 is 2.52 bits per heavy atom. The van der Waals surface area contributed by atoms with E-state index in [9.17, 15) is 0 Å². The number of benzene rings is 3. The van der Waals surface area contributed by atoms with Gasteiger partial charge in [-0.05, 0) is 53.9 Å². The molecule has 0 bridgehead atoms. The molecular weight excluding hydrogens is 322 g/mol. The molecule has 2 heteroatoms. The largest absolute Gasteiger partial charge is 0.378 e. The van der Waals surface area contributed by atoms with Gasteiger partial charge < -0.3 is 5.32 Å². The Morgan fingerprint density at radius 2 is 1.71 bits per heavy atom. The number of halogens is 1. The van der Waals surface area contributed by atoms with E-state index in [2.05, 4.69) is 95.8 Å². The highest BCUT2D eigenvalue weighted by Crippen LogP contribution is 2.28. The molecule has 1 nitrogen and oxygen atoms in total. The summed E-state index contributed by atoms with van der Waals surface area (Å²) in [4.78, 5) is 0. The van der Waals surface area contributed by atoms with Crippen molar-refractivity contribution < 1.29 is 0 Å². The summed E-state index contributed by atoms with van der Waals surface area (Å²) in [5.74, 6) is 0. The average Bonchev–Trinajstić information content (AvgIpc) is 2.45. The quantitative estimate of drug-likeness (QED) is 0.609. The Bertz CT molecular complexity index is 754. The molecule has 0 aliphatic heterocycles. The maximum absolute atomic E-state index is 3.60. The Morgan fingerprint density at radius 1 is 0.952 bits per heavy atom. The van der Waals surface area contributed by atoms with E-state index in [0.29, 0.717) is 0 Å². The molecule has 106 valence electrons. The molecule has 21 heavy (non-hydrogen) atoms. The molecule has 0 heterocycles. The molecule has 0 amide bonds. The van der Waals surface area contributed by atoms with Crippen molar-refractivity contribution in [1.29, 1.82) is 0 Å². The van der Waals surface area contributed by atoms with Crippen LogP contribution in [0.2, 0.25) is 0 Å². The summed E-state index contributed by atoms with van der Waals surface area (Å²) in [6, 6.07) is 21.7. The second-order valence-electron chi connectivity index (χ2n) is 5.45. The fourth-order valence-corrected chi connectivity index (χ4v) is 3.38. The van der Waals surface area contributed by atoms with E-state index in [0.717, 1.165) is 10.2 Å². The molecular formula is C19H18BrN. The van der Waals surface area contributed by atoms with Crippen molar-refractivity contribution in [2.45, 2.75) is 19.9 Å². The third kappa shape index (κ3) is 3.11. The number of aryl methyl sites for hydroxylation is 1. The monoisotopic (exact) mass is 339 g/mol. The van der Waals surface area contributed by atoms with Gasteiger partial charge in [0.2, 0.25) is 0 Å². The fraction of sp³-hybridized carbons (Fsp3) is 0.158. The first-order valence-corrected chi connectivity index (χ1v) is 7.94. The third-order valence-electron chi connectivity index (χ3n) is 3.72. The molecule has 1 unspecified atom stereocenters. The van der Waals surface area contributed by atoms with Gasteiger partial charge in [-0.1, -0.05) is 58.4 Å². The van der Waals surface area contributed by atoms with Crippen molar-refractivity contribution >= 4 is 32.4 Å². The van der Waals surface area contributed by atoms with Gasteiger partial charge in [0, 0.05) is 16.2 Å². The van der Waals surface area contributed by atoms with Crippen LogP contribution in [0, 0.1) is 6.92 Å². The molecule has 0 aliphatic rings. The number of fused-ring (bicyclic) bond motifs is 1. The van der Waals surface area contributed by atoms with Gasteiger partial charge in [0.1, 0.15) is 0 Å². The van der Waals surface area contributed by atoms with Crippen molar-refractivity contribution in [1.82, 2.24) is 0 Å². The summed E-state index contributed by atoms with van der Waals surface area (Å²) in [6.07, 6.45) is 0. The van der Waals surface area contributed by atoms with Crippen LogP contribution in [0.1, 0.15) is 24.1 Å². The number of hydrogen-bond donors (Lipinski definition) is 1. The minimum absolute atomic E-state index is 0.254. The molecule has 0 saturated heterocycles. The predicted octanol–water partition coefficient (Wildman–Crippen LogP) is 6.08. The second-order valence-corrected chi connectivity index (χ2v) is 6.37. The molecule has 0 spiro atoms. The maximum atomic E-state index is 3.60. The summed E-state index contributed by atoms with van der Waals surface area (Å²) < 4.78 is 1.11. The zero-order valence-electron chi connectivity index (χ0n) is 12.2. The van der Waals surface area contributed by atoms with Crippen molar-refractivity contribution in [3.05, 3.63) is 76.3 Å². The van der Waals surface area contributed by atoms with Crippen LogP contribution < -0.4 is 5.32 Å². The van der Waals surface area contributed by atoms with Crippen molar-refractivity contribution in [2.75, 3.05) is 5.32 Å². The van der Waals surface area contributed by atoms with E-state index >= 15 is 0 Å². The lowest BCUT2D eigenvalue weighted by Crippen LogP contribution is -2.07. The fourth-order valence-electron chi connectivity index (χ4n) is 2.78. The van der Waals surface area contributed by atoms with Crippen molar-refractivity contribution in [3.8, 4) is 0 Å². The van der Waals surface area contributed by atoms with Crippen LogP contribution >= 0.6 is 15.9 Å². The first-order chi connectivity index (χ1) is 10.1. The molecule has 0 aliphatic carbocycles. The molecule has 0 radical (unpaired) electrons. The summed E-state index contributed by atoms with van der Waals surface area (Å²) >= 11 is 3.56. The second kappa shape index (κ2) is 5.90. The minimum atomic E-state index is 0.254. The Kier molecular flexibility index (Phi) is 3.98. The van der Waals surface area contributed by atoms with E-state index in [1.165, 1.54) is 21.9 Å². The zero-order valence-corrected chi connectivity index (χ0v) is 13.8. The Hall–Kier alpha value is -1.80. The van der Waals surface area contributed by atoms with Crippen LogP contribution in [0.4, 0.5) is 5.69 Å². The number of anilines is 1. The van der Waals surface area contributed by atoms with Crippen molar-refractivity contribution in [3.63, 3.8) is 0 Å². The summed E-state index contributed by atoms with van der Waals surface area (Å²) in [5.41, 5.74) is 3.71. The van der Waals surface area contributed by atoms with E-state index in [-0.39, 0.29) is 6.04 Å².